The van der Waals surface area contributed by atoms with Gasteiger partial charge in [-0.2, -0.15) is 0 Å². The summed E-state index contributed by atoms with van der Waals surface area (Å²) >= 11 is 0. The maximum atomic E-state index is 13.0. The van der Waals surface area contributed by atoms with Crippen LogP contribution in [0.2, 0.25) is 0 Å². The second kappa shape index (κ2) is 8.79. The maximum Gasteiger partial charge on any atom is 0.335 e. The number of amides is 4. The van der Waals surface area contributed by atoms with Crippen molar-refractivity contribution in [1.29, 1.82) is 0 Å². The highest BCUT2D eigenvalue weighted by molar-refractivity contribution is 6.39. The molecule has 3 aromatic rings. The van der Waals surface area contributed by atoms with Crippen molar-refractivity contribution in [2.45, 2.75) is 6.92 Å². The van der Waals surface area contributed by atoms with Crippen LogP contribution >= 0.6 is 0 Å². The fourth-order valence-corrected chi connectivity index (χ4v) is 3.31. The minimum absolute atomic E-state index is 0.114. The number of nitrogens with zero attached hydrogens (tertiary/aromatic N) is 2. The van der Waals surface area contributed by atoms with Gasteiger partial charge in [-0.3, -0.25) is 25.0 Å². The van der Waals surface area contributed by atoms with Gasteiger partial charge in [-0.1, -0.05) is 12.1 Å². The van der Waals surface area contributed by atoms with Crippen molar-refractivity contribution in [2.24, 2.45) is 0 Å². The zero-order valence-electron chi connectivity index (χ0n) is 17.3. The number of furan rings is 1. The highest BCUT2D eigenvalue weighted by Gasteiger charge is 2.37. The molecule has 1 saturated heterocycles. The second-order valence-electron chi connectivity index (χ2n) is 6.86. The summed E-state index contributed by atoms with van der Waals surface area (Å²) in [6.45, 7) is 2.29. The van der Waals surface area contributed by atoms with Crippen LogP contribution in [0, 0.1) is 10.1 Å². The van der Waals surface area contributed by atoms with E-state index in [4.69, 9.17) is 9.15 Å². The molecule has 1 aliphatic heterocycles. The van der Waals surface area contributed by atoms with Crippen LogP contribution in [0.4, 0.5) is 16.2 Å². The van der Waals surface area contributed by atoms with E-state index in [9.17, 15) is 24.5 Å². The first kappa shape index (κ1) is 21.5. The fourth-order valence-electron chi connectivity index (χ4n) is 3.31. The van der Waals surface area contributed by atoms with Crippen molar-refractivity contribution in [1.82, 2.24) is 5.32 Å². The SMILES string of the molecule is CCOc1ccc(N2C(=O)NC(=O)/C(=C/c3ccc(-c4ccccc4[N+](=O)[O-])o3)C2=O)cc1. The lowest BCUT2D eigenvalue weighted by Crippen LogP contribution is -2.54. The third-order valence-electron chi connectivity index (χ3n) is 4.79. The molecule has 2 heterocycles. The number of urea groups is 1. The summed E-state index contributed by atoms with van der Waals surface area (Å²) in [5.41, 5.74) is 0.0221. The average Bonchev–Trinajstić information content (AvgIpc) is 3.26. The molecule has 2 aromatic carbocycles. The molecule has 1 aliphatic rings. The Morgan fingerprint density at radius 2 is 1.79 bits per heavy atom. The molecule has 4 amide bonds. The Kier molecular flexibility index (Phi) is 5.73. The number of rotatable bonds is 6. The van der Waals surface area contributed by atoms with Crippen LogP contribution < -0.4 is 15.0 Å². The van der Waals surface area contributed by atoms with Crippen molar-refractivity contribution in [2.75, 3.05) is 11.5 Å². The molecule has 166 valence electrons. The number of nitro groups is 1. The summed E-state index contributed by atoms with van der Waals surface area (Å²) in [5, 5.41) is 13.4. The van der Waals surface area contributed by atoms with Crippen molar-refractivity contribution >= 4 is 35.3 Å². The number of benzene rings is 2. The summed E-state index contributed by atoms with van der Waals surface area (Å²) in [7, 11) is 0. The molecule has 1 fully saturated rings. The summed E-state index contributed by atoms with van der Waals surface area (Å²) in [6, 6.07) is 14.4. The number of hydrogen-bond acceptors (Lipinski definition) is 7. The Hall–Kier alpha value is -4.73. The molecule has 0 spiro atoms. The molecule has 1 N–H and O–H groups in total. The van der Waals surface area contributed by atoms with Crippen LogP contribution in [0.25, 0.3) is 17.4 Å². The van der Waals surface area contributed by atoms with Gasteiger partial charge in [0.2, 0.25) is 0 Å². The van der Waals surface area contributed by atoms with Crippen molar-refractivity contribution < 1.29 is 28.5 Å². The van der Waals surface area contributed by atoms with E-state index in [-0.39, 0.29) is 34.0 Å². The van der Waals surface area contributed by atoms with Crippen molar-refractivity contribution in [3.8, 4) is 17.1 Å². The molecule has 0 radical (unpaired) electrons. The molecule has 0 atom stereocenters. The van der Waals surface area contributed by atoms with Gasteiger partial charge in [0.1, 0.15) is 22.8 Å². The lowest BCUT2D eigenvalue weighted by atomic mass is 10.1. The highest BCUT2D eigenvalue weighted by Crippen LogP contribution is 2.32. The van der Waals surface area contributed by atoms with Gasteiger partial charge in [0.15, 0.2) is 0 Å². The number of nitro benzene ring substituents is 1. The van der Waals surface area contributed by atoms with Crippen LogP contribution in [0.5, 0.6) is 5.75 Å². The van der Waals surface area contributed by atoms with Gasteiger partial charge in [-0.15, -0.1) is 0 Å². The van der Waals surface area contributed by atoms with Crippen molar-refractivity contribution in [3.05, 3.63) is 82.1 Å². The molecular weight excluding hydrogens is 430 g/mol. The first-order chi connectivity index (χ1) is 15.9. The van der Waals surface area contributed by atoms with Crippen molar-refractivity contribution in [3.63, 3.8) is 0 Å². The number of carbonyl (C=O) groups is 3. The van der Waals surface area contributed by atoms with Crippen LogP contribution in [0.1, 0.15) is 12.7 Å². The number of ether oxygens (including phenoxy) is 1. The predicted molar refractivity (Wildman–Crippen MR) is 117 cm³/mol. The predicted octanol–water partition coefficient (Wildman–Crippen LogP) is 3.92. The molecule has 0 bridgehead atoms. The minimum Gasteiger partial charge on any atom is -0.494 e. The van der Waals surface area contributed by atoms with Crippen LogP contribution in [-0.4, -0.2) is 29.4 Å². The molecule has 4 rings (SSSR count). The topological polar surface area (TPSA) is 132 Å². The molecule has 0 unspecified atom stereocenters. The van der Waals surface area contributed by atoms with E-state index in [0.29, 0.717) is 12.4 Å². The molecule has 10 nitrogen and oxygen atoms in total. The Morgan fingerprint density at radius 1 is 1.06 bits per heavy atom. The normalized spacial score (nSPS) is 15.0. The summed E-state index contributed by atoms with van der Waals surface area (Å²) in [4.78, 5) is 49.3. The van der Waals surface area contributed by atoms with Crippen LogP contribution in [0.15, 0.2) is 70.7 Å². The van der Waals surface area contributed by atoms with Gasteiger partial charge in [-0.05, 0) is 55.5 Å². The highest BCUT2D eigenvalue weighted by atomic mass is 16.6. The second-order valence-corrected chi connectivity index (χ2v) is 6.86. The number of anilines is 1. The minimum atomic E-state index is -0.883. The number of hydrogen-bond donors (Lipinski definition) is 1. The lowest BCUT2D eigenvalue weighted by Gasteiger charge is -2.26. The largest absolute Gasteiger partial charge is 0.494 e. The first-order valence-corrected chi connectivity index (χ1v) is 9.87. The maximum absolute atomic E-state index is 13.0. The lowest BCUT2D eigenvalue weighted by molar-refractivity contribution is -0.384. The van der Waals surface area contributed by atoms with E-state index in [0.717, 1.165) is 4.90 Å². The summed E-state index contributed by atoms with van der Waals surface area (Å²) in [5.74, 6) is -0.844. The standard InChI is InChI=1S/C23H17N3O7/c1-2-32-15-9-7-14(8-10-15)25-22(28)18(21(27)24-23(25)29)13-16-11-12-20(33-16)17-5-3-4-6-19(17)26(30)31/h3-13H,2H2,1H3,(H,24,27,29)/b18-13-. The van der Waals surface area contributed by atoms with E-state index in [1.54, 1.807) is 18.2 Å². The van der Waals surface area contributed by atoms with E-state index in [1.165, 1.54) is 48.5 Å². The van der Waals surface area contributed by atoms with Gasteiger partial charge in [0, 0.05) is 6.07 Å². The number of barbiturate groups is 1. The molecule has 0 aliphatic carbocycles. The van der Waals surface area contributed by atoms with Gasteiger partial charge in [0.05, 0.1) is 22.8 Å². The van der Waals surface area contributed by atoms with Gasteiger partial charge in [0.25, 0.3) is 17.5 Å². The van der Waals surface area contributed by atoms with Gasteiger partial charge < -0.3 is 9.15 Å². The van der Waals surface area contributed by atoms with Crippen LogP contribution in [0.3, 0.4) is 0 Å². The Morgan fingerprint density at radius 3 is 2.48 bits per heavy atom. The van der Waals surface area contributed by atoms with E-state index < -0.39 is 22.8 Å². The molecule has 33 heavy (non-hydrogen) atoms. The first-order valence-electron chi connectivity index (χ1n) is 9.87. The van der Waals surface area contributed by atoms with E-state index in [1.807, 2.05) is 6.92 Å². The smallest absolute Gasteiger partial charge is 0.335 e. The van der Waals surface area contributed by atoms with Gasteiger partial charge in [-0.25, -0.2) is 9.69 Å². The number of nitrogens with one attached hydrogen (secondary N) is 1. The van der Waals surface area contributed by atoms with Crippen LogP contribution in [-0.2, 0) is 9.59 Å². The molecule has 0 saturated carbocycles. The Bertz CT molecular complexity index is 1290. The van der Waals surface area contributed by atoms with E-state index >= 15 is 0 Å². The molecular formula is C23H17N3O7. The molecule has 1 aromatic heterocycles. The zero-order valence-corrected chi connectivity index (χ0v) is 17.3. The fraction of sp³-hybridized carbons (Fsp3) is 0.0870. The Labute approximate surface area is 187 Å². The number of para-hydroxylation sites is 1. The zero-order chi connectivity index (χ0) is 23.5. The quantitative estimate of drug-likeness (QED) is 0.262. The van der Waals surface area contributed by atoms with Gasteiger partial charge >= 0.3 is 6.03 Å². The molecule has 10 heteroatoms. The summed E-state index contributed by atoms with van der Waals surface area (Å²) < 4.78 is 11.0. The number of carbonyl (C=O) groups excluding carboxylic acids is 3. The third kappa shape index (κ3) is 4.22. The monoisotopic (exact) mass is 447 g/mol. The number of imide groups is 2. The summed E-state index contributed by atoms with van der Waals surface area (Å²) in [6.07, 6.45) is 1.18. The Balaban J connectivity index is 1.65. The third-order valence-corrected chi connectivity index (χ3v) is 4.79. The van der Waals surface area contributed by atoms with E-state index in [2.05, 4.69) is 5.32 Å². The average molecular weight is 447 g/mol.